The third kappa shape index (κ3) is 4.09. The quantitative estimate of drug-likeness (QED) is 0.811. The summed E-state index contributed by atoms with van der Waals surface area (Å²) in [5.74, 6) is 0. The molecular formula is C21H26N2O2. The van der Waals surface area contributed by atoms with Crippen LogP contribution >= 0.6 is 0 Å². The Balaban J connectivity index is 1.32. The molecule has 0 bridgehead atoms. The van der Waals surface area contributed by atoms with Crippen LogP contribution < -0.4 is 0 Å². The molecule has 1 aliphatic carbocycles. The van der Waals surface area contributed by atoms with Crippen LogP contribution in [-0.2, 0) is 22.5 Å². The number of benzene rings is 1. The first-order valence-electron chi connectivity index (χ1n) is 9.30. The molecule has 0 unspecified atom stereocenters. The standard InChI is InChI=1S/C21H26N2O2/c1-2-5-17(6-3-1)10-12-23-13-14-24-21-19(23)8-9-20(21)25-16-18-7-4-11-22-15-18/h1-7,11,15,19-21H,8-10,12-14,16H2/t19-,20-,21-/m1/s1. The van der Waals surface area contributed by atoms with E-state index in [-0.39, 0.29) is 12.2 Å². The molecule has 0 N–H and O–H groups in total. The first-order valence-corrected chi connectivity index (χ1v) is 9.30. The third-order valence-electron chi connectivity index (χ3n) is 5.37. The Morgan fingerprint density at radius 3 is 2.80 bits per heavy atom. The molecule has 25 heavy (non-hydrogen) atoms. The summed E-state index contributed by atoms with van der Waals surface area (Å²) in [4.78, 5) is 6.76. The van der Waals surface area contributed by atoms with E-state index in [2.05, 4.69) is 46.3 Å². The zero-order valence-electron chi connectivity index (χ0n) is 14.6. The molecule has 1 saturated heterocycles. The van der Waals surface area contributed by atoms with Gasteiger partial charge in [-0.05, 0) is 36.5 Å². The number of pyridine rings is 1. The molecule has 0 amide bonds. The monoisotopic (exact) mass is 338 g/mol. The van der Waals surface area contributed by atoms with E-state index in [9.17, 15) is 0 Å². The van der Waals surface area contributed by atoms with Crippen LogP contribution in [-0.4, -0.2) is 47.8 Å². The lowest BCUT2D eigenvalue weighted by molar-refractivity contribution is -0.116. The molecule has 0 spiro atoms. The van der Waals surface area contributed by atoms with E-state index in [1.54, 1.807) is 6.20 Å². The van der Waals surface area contributed by atoms with E-state index in [0.29, 0.717) is 12.6 Å². The van der Waals surface area contributed by atoms with Gasteiger partial charge in [0.15, 0.2) is 0 Å². The van der Waals surface area contributed by atoms with Crippen molar-refractivity contribution >= 4 is 0 Å². The molecule has 2 heterocycles. The first kappa shape index (κ1) is 16.7. The smallest absolute Gasteiger partial charge is 0.0992 e. The lowest BCUT2D eigenvalue weighted by Crippen LogP contribution is -2.52. The summed E-state index contributed by atoms with van der Waals surface area (Å²) in [7, 11) is 0. The van der Waals surface area contributed by atoms with E-state index in [1.165, 1.54) is 5.56 Å². The molecule has 4 heteroatoms. The van der Waals surface area contributed by atoms with Crippen molar-refractivity contribution in [1.82, 2.24) is 9.88 Å². The summed E-state index contributed by atoms with van der Waals surface area (Å²) in [5.41, 5.74) is 2.54. The Morgan fingerprint density at radius 2 is 1.96 bits per heavy atom. The number of nitrogens with zero attached hydrogens (tertiary/aromatic N) is 2. The van der Waals surface area contributed by atoms with Crippen molar-refractivity contribution in [2.45, 2.75) is 44.1 Å². The van der Waals surface area contributed by atoms with Crippen molar-refractivity contribution < 1.29 is 9.47 Å². The van der Waals surface area contributed by atoms with Gasteiger partial charge < -0.3 is 9.47 Å². The highest BCUT2D eigenvalue weighted by Gasteiger charge is 2.43. The largest absolute Gasteiger partial charge is 0.373 e. The summed E-state index contributed by atoms with van der Waals surface area (Å²) in [6, 6.07) is 15.3. The van der Waals surface area contributed by atoms with Crippen LogP contribution in [0.4, 0.5) is 0 Å². The van der Waals surface area contributed by atoms with Crippen LogP contribution in [0.2, 0.25) is 0 Å². The molecule has 4 rings (SSSR count). The van der Waals surface area contributed by atoms with Crippen molar-refractivity contribution in [3.63, 3.8) is 0 Å². The highest BCUT2D eigenvalue weighted by Crippen LogP contribution is 2.32. The van der Waals surface area contributed by atoms with Crippen LogP contribution in [0.25, 0.3) is 0 Å². The molecule has 2 fully saturated rings. The maximum atomic E-state index is 6.18. The molecule has 0 radical (unpaired) electrons. The number of aromatic nitrogens is 1. The van der Waals surface area contributed by atoms with Crippen LogP contribution in [0.5, 0.6) is 0 Å². The highest BCUT2D eigenvalue weighted by molar-refractivity contribution is 5.15. The minimum Gasteiger partial charge on any atom is -0.373 e. The van der Waals surface area contributed by atoms with Gasteiger partial charge in [-0.25, -0.2) is 0 Å². The normalized spacial score (nSPS) is 26.5. The molecule has 132 valence electrons. The Labute approximate surface area is 149 Å². The second-order valence-electron chi connectivity index (χ2n) is 6.96. The lowest BCUT2D eigenvalue weighted by Gasteiger charge is -2.39. The molecule has 1 aromatic heterocycles. The van der Waals surface area contributed by atoms with Gasteiger partial charge in [0, 0.05) is 31.5 Å². The van der Waals surface area contributed by atoms with Crippen molar-refractivity contribution in [1.29, 1.82) is 0 Å². The van der Waals surface area contributed by atoms with E-state index in [1.807, 2.05) is 12.3 Å². The molecular weight excluding hydrogens is 312 g/mol. The first-order chi connectivity index (χ1) is 12.4. The molecule has 3 atom stereocenters. The van der Waals surface area contributed by atoms with E-state index < -0.39 is 0 Å². The summed E-state index contributed by atoms with van der Waals surface area (Å²) in [5, 5.41) is 0. The molecule has 1 aliphatic heterocycles. The Hall–Kier alpha value is -1.75. The van der Waals surface area contributed by atoms with Gasteiger partial charge in [0.05, 0.1) is 25.4 Å². The van der Waals surface area contributed by atoms with Gasteiger partial charge in [0.25, 0.3) is 0 Å². The fourth-order valence-corrected chi connectivity index (χ4v) is 4.05. The number of ether oxygens (including phenoxy) is 2. The van der Waals surface area contributed by atoms with Crippen molar-refractivity contribution in [3.8, 4) is 0 Å². The zero-order chi connectivity index (χ0) is 16.9. The fraction of sp³-hybridized carbons (Fsp3) is 0.476. The number of hydrogen-bond acceptors (Lipinski definition) is 4. The summed E-state index contributed by atoms with van der Waals surface area (Å²) in [6.45, 7) is 3.56. The predicted molar refractivity (Wildman–Crippen MR) is 97.3 cm³/mol. The van der Waals surface area contributed by atoms with Gasteiger partial charge in [-0.1, -0.05) is 36.4 Å². The molecule has 2 aliphatic rings. The highest BCUT2D eigenvalue weighted by atomic mass is 16.5. The van der Waals surface area contributed by atoms with Crippen molar-refractivity contribution in [2.24, 2.45) is 0 Å². The number of rotatable bonds is 6. The molecule has 1 aromatic carbocycles. The number of morpholine rings is 1. The van der Waals surface area contributed by atoms with Gasteiger partial charge in [-0.3, -0.25) is 9.88 Å². The molecule has 1 saturated carbocycles. The van der Waals surface area contributed by atoms with Gasteiger partial charge in [-0.2, -0.15) is 0 Å². The van der Waals surface area contributed by atoms with Crippen LogP contribution in [0.1, 0.15) is 24.0 Å². The van der Waals surface area contributed by atoms with E-state index >= 15 is 0 Å². The van der Waals surface area contributed by atoms with Gasteiger partial charge in [0.1, 0.15) is 0 Å². The predicted octanol–water partition coefficient (Wildman–Crippen LogP) is 3.07. The van der Waals surface area contributed by atoms with Gasteiger partial charge >= 0.3 is 0 Å². The maximum absolute atomic E-state index is 6.18. The maximum Gasteiger partial charge on any atom is 0.0992 e. The van der Waals surface area contributed by atoms with E-state index in [0.717, 1.165) is 44.5 Å². The Kier molecular flexibility index (Phi) is 5.40. The average Bonchev–Trinajstić information content (AvgIpc) is 3.10. The lowest BCUT2D eigenvalue weighted by atomic mass is 10.1. The minimum atomic E-state index is 0.199. The van der Waals surface area contributed by atoms with Crippen LogP contribution in [0, 0.1) is 0 Å². The van der Waals surface area contributed by atoms with Crippen LogP contribution in [0.15, 0.2) is 54.9 Å². The second kappa shape index (κ2) is 8.09. The Morgan fingerprint density at radius 1 is 1.08 bits per heavy atom. The summed E-state index contributed by atoms with van der Waals surface area (Å²) < 4.78 is 12.3. The van der Waals surface area contributed by atoms with Gasteiger partial charge in [0.2, 0.25) is 0 Å². The van der Waals surface area contributed by atoms with Crippen molar-refractivity contribution in [3.05, 3.63) is 66.0 Å². The Bertz CT molecular complexity index is 649. The van der Waals surface area contributed by atoms with Crippen molar-refractivity contribution in [2.75, 3.05) is 19.7 Å². The summed E-state index contributed by atoms with van der Waals surface area (Å²) in [6.07, 6.45) is 7.43. The average molecular weight is 338 g/mol. The van der Waals surface area contributed by atoms with E-state index in [4.69, 9.17) is 9.47 Å². The topological polar surface area (TPSA) is 34.6 Å². The number of fused-ring (bicyclic) bond motifs is 1. The SMILES string of the molecule is c1ccc(CCN2CCO[C@@H]3[C@H]2CC[C@H]3OCc2cccnc2)cc1. The zero-order valence-corrected chi connectivity index (χ0v) is 14.6. The molecule has 4 nitrogen and oxygen atoms in total. The molecule has 2 aromatic rings. The second-order valence-corrected chi connectivity index (χ2v) is 6.96. The summed E-state index contributed by atoms with van der Waals surface area (Å²) >= 11 is 0. The van der Waals surface area contributed by atoms with Gasteiger partial charge in [-0.15, -0.1) is 0 Å². The fourth-order valence-electron chi connectivity index (χ4n) is 4.05. The number of hydrogen-bond donors (Lipinski definition) is 0. The minimum absolute atomic E-state index is 0.199. The third-order valence-corrected chi connectivity index (χ3v) is 5.37. The van der Waals surface area contributed by atoms with Crippen LogP contribution in [0.3, 0.4) is 0 Å².